The minimum Gasteiger partial charge on any atom is -0.368 e. The third-order valence-corrected chi connectivity index (χ3v) is 4.16. The Bertz CT molecular complexity index is 274. The minimum atomic E-state index is -0.588. The molecule has 0 bridgehead atoms. The molecule has 3 N–H and O–H groups in total. The van der Waals surface area contributed by atoms with E-state index < -0.39 is 5.54 Å². The van der Waals surface area contributed by atoms with Crippen LogP contribution in [0.25, 0.3) is 0 Å². The molecule has 0 aromatic rings. The van der Waals surface area contributed by atoms with E-state index in [0.29, 0.717) is 6.04 Å². The van der Waals surface area contributed by atoms with Crippen molar-refractivity contribution in [2.45, 2.75) is 38.8 Å². The van der Waals surface area contributed by atoms with E-state index in [0.717, 1.165) is 39.1 Å². The van der Waals surface area contributed by atoms with Crippen molar-refractivity contribution < 1.29 is 4.79 Å². The first-order chi connectivity index (χ1) is 8.39. The monoisotopic (exact) mass is 256 g/mol. The van der Waals surface area contributed by atoms with Gasteiger partial charge in [0.05, 0.1) is 5.54 Å². The number of primary amides is 1. The number of hydrogen-bond donors (Lipinski definition) is 2. The molecular formula is C13H28N4O. The maximum atomic E-state index is 11.4. The van der Waals surface area contributed by atoms with E-state index in [-0.39, 0.29) is 5.91 Å². The minimum absolute atomic E-state index is 0.272. The van der Waals surface area contributed by atoms with Crippen LogP contribution in [0.2, 0.25) is 0 Å². The summed E-state index contributed by atoms with van der Waals surface area (Å²) in [5, 5.41) is 3.03. The fraction of sp³-hybridized carbons (Fsp3) is 0.923. The van der Waals surface area contributed by atoms with E-state index >= 15 is 0 Å². The fourth-order valence-corrected chi connectivity index (χ4v) is 2.26. The van der Waals surface area contributed by atoms with E-state index in [1.807, 2.05) is 6.92 Å². The highest BCUT2D eigenvalue weighted by Gasteiger charge is 2.30. The Balaban J connectivity index is 2.35. The molecule has 5 heteroatoms. The molecule has 1 saturated heterocycles. The van der Waals surface area contributed by atoms with Crippen LogP contribution < -0.4 is 11.1 Å². The molecule has 1 amide bonds. The van der Waals surface area contributed by atoms with Crippen molar-refractivity contribution in [1.82, 2.24) is 15.1 Å². The number of carbonyl (C=O) groups excluding carboxylic acids is 1. The first kappa shape index (κ1) is 15.4. The highest BCUT2D eigenvalue weighted by molar-refractivity contribution is 5.84. The zero-order valence-corrected chi connectivity index (χ0v) is 12.2. The summed E-state index contributed by atoms with van der Waals surface area (Å²) >= 11 is 0. The number of nitrogens with two attached hydrogens (primary N) is 1. The molecule has 18 heavy (non-hydrogen) atoms. The van der Waals surface area contributed by atoms with Gasteiger partial charge in [-0.2, -0.15) is 0 Å². The molecule has 1 heterocycles. The summed E-state index contributed by atoms with van der Waals surface area (Å²) in [7, 11) is 1.79. The van der Waals surface area contributed by atoms with Gasteiger partial charge in [-0.3, -0.25) is 9.69 Å². The molecule has 0 aliphatic carbocycles. The number of nitrogens with one attached hydrogen (secondary N) is 1. The summed E-state index contributed by atoms with van der Waals surface area (Å²) in [6, 6.07) is 0.625. The standard InChI is InChI=1S/C13H28N4O/c1-11(2)17-9-7-16(8-10-17)6-5-13(3,15-4)12(14)18/h11,15H,5-10H2,1-4H3,(H2,14,18). The van der Waals surface area contributed by atoms with Crippen molar-refractivity contribution in [3.05, 3.63) is 0 Å². The summed E-state index contributed by atoms with van der Waals surface area (Å²) in [6.07, 6.45) is 0.764. The first-order valence-electron chi connectivity index (χ1n) is 6.84. The molecule has 1 atom stereocenters. The molecule has 0 spiro atoms. The van der Waals surface area contributed by atoms with Crippen LogP contribution in [0.15, 0.2) is 0 Å². The van der Waals surface area contributed by atoms with Crippen molar-refractivity contribution in [3.63, 3.8) is 0 Å². The Kier molecular flexibility index (Phi) is 5.56. The van der Waals surface area contributed by atoms with Gasteiger partial charge in [0.1, 0.15) is 0 Å². The number of amides is 1. The molecule has 1 unspecified atom stereocenters. The average molecular weight is 256 g/mol. The second kappa shape index (κ2) is 6.50. The lowest BCUT2D eigenvalue weighted by Crippen LogP contribution is -2.55. The summed E-state index contributed by atoms with van der Waals surface area (Å²) in [6.45, 7) is 11.7. The smallest absolute Gasteiger partial charge is 0.237 e. The molecular weight excluding hydrogens is 228 g/mol. The average Bonchev–Trinajstić information content (AvgIpc) is 2.36. The number of nitrogens with zero attached hydrogens (tertiary/aromatic N) is 2. The zero-order valence-electron chi connectivity index (χ0n) is 12.2. The molecule has 1 aliphatic rings. The van der Waals surface area contributed by atoms with Crippen molar-refractivity contribution >= 4 is 5.91 Å². The normalized spacial score (nSPS) is 22.1. The van der Waals surface area contributed by atoms with Gasteiger partial charge >= 0.3 is 0 Å². The van der Waals surface area contributed by atoms with Gasteiger partial charge in [-0.05, 0) is 34.2 Å². The predicted octanol–water partition coefficient (Wildman–Crippen LogP) is -0.134. The number of piperazine rings is 1. The van der Waals surface area contributed by atoms with Crippen LogP contribution in [0.1, 0.15) is 27.2 Å². The SMILES string of the molecule is CNC(C)(CCN1CCN(C(C)C)CC1)C(N)=O. The van der Waals surface area contributed by atoms with Crippen LogP contribution in [0.4, 0.5) is 0 Å². The third-order valence-electron chi connectivity index (χ3n) is 4.16. The maximum absolute atomic E-state index is 11.4. The number of carbonyl (C=O) groups is 1. The van der Waals surface area contributed by atoms with Crippen LogP contribution in [-0.2, 0) is 4.79 Å². The van der Waals surface area contributed by atoms with Crippen molar-refractivity contribution in [2.75, 3.05) is 39.8 Å². The largest absolute Gasteiger partial charge is 0.368 e. The van der Waals surface area contributed by atoms with E-state index in [4.69, 9.17) is 5.73 Å². The lowest BCUT2D eigenvalue weighted by molar-refractivity contribution is -0.124. The van der Waals surface area contributed by atoms with E-state index in [1.165, 1.54) is 0 Å². The lowest BCUT2D eigenvalue weighted by Gasteiger charge is -2.38. The highest BCUT2D eigenvalue weighted by Crippen LogP contribution is 2.12. The second-order valence-electron chi connectivity index (χ2n) is 5.67. The fourth-order valence-electron chi connectivity index (χ4n) is 2.26. The summed E-state index contributed by atoms with van der Waals surface area (Å²) in [5.41, 5.74) is 4.84. The van der Waals surface area contributed by atoms with E-state index in [1.54, 1.807) is 7.05 Å². The Labute approximate surface area is 111 Å². The van der Waals surface area contributed by atoms with Gasteiger partial charge in [-0.1, -0.05) is 0 Å². The lowest BCUT2D eigenvalue weighted by atomic mass is 9.97. The van der Waals surface area contributed by atoms with Gasteiger partial charge in [-0.15, -0.1) is 0 Å². The Hall–Kier alpha value is -0.650. The number of hydrogen-bond acceptors (Lipinski definition) is 4. The summed E-state index contributed by atoms with van der Waals surface area (Å²) in [5.74, 6) is -0.272. The van der Waals surface area contributed by atoms with E-state index in [2.05, 4.69) is 29.0 Å². The quantitative estimate of drug-likeness (QED) is 0.695. The van der Waals surface area contributed by atoms with Crippen LogP contribution in [0.3, 0.4) is 0 Å². The highest BCUT2D eigenvalue weighted by atomic mass is 16.1. The van der Waals surface area contributed by atoms with Crippen LogP contribution in [-0.4, -0.2) is 67.1 Å². The van der Waals surface area contributed by atoms with Gasteiger partial charge in [0.25, 0.3) is 0 Å². The Morgan fingerprint density at radius 1 is 1.33 bits per heavy atom. The van der Waals surface area contributed by atoms with Gasteiger partial charge < -0.3 is 16.0 Å². The maximum Gasteiger partial charge on any atom is 0.237 e. The van der Waals surface area contributed by atoms with Crippen LogP contribution >= 0.6 is 0 Å². The molecule has 0 saturated carbocycles. The zero-order chi connectivity index (χ0) is 13.8. The van der Waals surface area contributed by atoms with Gasteiger partial charge in [0.2, 0.25) is 5.91 Å². The molecule has 0 aromatic heterocycles. The molecule has 0 aromatic carbocycles. The van der Waals surface area contributed by atoms with Crippen LogP contribution in [0.5, 0.6) is 0 Å². The molecule has 0 radical (unpaired) electrons. The number of rotatable bonds is 6. The molecule has 1 fully saturated rings. The van der Waals surface area contributed by atoms with Crippen molar-refractivity contribution in [3.8, 4) is 0 Å². The third kappa shape index (κ3) is 3.93. The van der Waals surface area contributed by atoms with Crippen molar-refractivity contribution in [2.24, 2.45) is 5.73 Å². The number of likely N-dealkylation sites (N-methyl/N-ethyl adjacent to an activating group) is 1. The topological polar surface area (TPSA) is 61.6 Å². The summed E-state index contributed by atoms with van der Waals surface area (Å²) < 4.78 is 0. The predicted molar refractivity (Wildman–Crippen MR) is 74.4 cm³/mol. The molecule has 5 nitrogen and oxygen atoms in total. The molecule has 106 valence electrons. The van der Waals surface area contributed by atoms with E-state index in [9.17, 15) is 4.79 Å². The first-order valence-corrected chi connectivity index (χ1v) is 6.84. The van der Waals surface area contributed by atoms with Crippen LogP contribution in [0, 0.1) is 0 Å². The van der Waals surface area contributed by atoms with Crippen molar-refractivity contribution in [1.29, 1.82) is 0 Å². The van der Waals surface area contributed by atoms with Gasteiger partial charge in [0.15, 0.2) is 0 Å². The molecule has 1 aliphatic heterocycles. The van der Waals surface area contributed by atoms with Gasteiger partial charge in [0, 0.05) is 38.8 Å². The Morgan fingerprint density at radius 3 is 2.28 bits per heavy atom. The Morgan fingerprint density at radius 2 is 1.89 bits per heavy atom. The summed E-state index contributed by atoms with van der Waals surface area (Å²) in [4.78, 5) is 16.3. The second-order valence-corrected chi connectivity index (χ2v) is 5.67. The van der Waals surface area contributed by atoms with Gasteiger partial charge in [-0.25, -0.2) is 0 Å². The molecule has 1 rings (SSSR count).